The summed E-state index contributed by atoms with van der Waals surface area (Å²) >= 11 is 0. The molecule has 0 aromatic heterocycles. The number of benzene rings is 1. The van der Waals surface area contributed by atoms with E-state index in [-0.39, 0.29) is 24.6 Å². The minimum atomic E-state index is -0.531. The van der Waals surface area contributed by atoms with Crippen molar-refractivity contribution in [3.8, 4) is 0 Å². The fourth-order valence-corrected chi connectivity index (χ4v) is 3.21. The average molecular weight is 334 g/mol. The second-order valence-corrected chi connectivity index (χ2v) is 6.09. The van der Waals surface area contributed by atoms with Crippen LogP contribution in [0.1, 0.15) is 36.0 Å². The molecule has 0 N–H and O–H groups in total. The molecule has 6 nitrogen and oxygen atoms in total. The van der Waals surface area contributed by atoms with Crippen LogP contribution in [0, 0.1) is 0 Å². The van der Waals surface area contributed by atoms with E-state index >= 15 is 0 Å². The summed E-state index contributed by atoms with van der Waals surface area (Å²) in [5, 5.41) is 0. The van der Waals surface area contributed by atoms with Gasteiger partial charge in [0, 0.05) is 13.0 Å². The molecule has 3 rings (SSSR count). The summed E-state index contributed by atoms with van der Waals surface area (Å²) in [7, 11) is 1.34. The number of hydrogen-bond acceptors (Lipinski definition) is 6. The number of esters is 2. The average Bonchev–Trinajstić information content (AvgIpc) is 2.62. The van der Waals surface area contributed by atoms with Gasteiger partial charge in [-0.2, -0.15) is 0 Å². The predicted molar refractivity (Wildman–Crippen MR) is 84.5 cm³/mol. The van der Waals surface area contributed by atoms with Gasteiger partial charge in [0.2, 0.25) is 0 Å². The third kappa shape index (κ3) is 3.94. The number of methoxy groups -OCH3 is 1. The smallest absolute Gasteiger partial charge is 0.338 e. The van der Waals surface area contributed by atoms with Gasteiger partial charge in [-0.25, -0.2) is 4.79 Å². The van der Waals surface area contributed by atoms with E-state index in [2.05, 4.69) is 0 Å². The largest absolute Gasteiger partial charge is 0.469 e. The summed E-state index contributed by atoms with van der Waals surface area (Å²) in [6.07, 6.45) is 1.23. The van der Waals surface area contributed by atoms with E-state index in [1.807, 2.05) is 6.07 Å². The number of carbonyl (C=O) groups excluding carboxylic acids is 2. The van der Waals surface area contributed by atoms with Crippen LogP contribution in [0.3, 0.4) is 0 Å². The van der Waals surface area contributed by atoms with Gasteiger partial charge in [-0.15, -0.1) is 0 Å². The highest BCUT2D eigenvalue weighted by Gasteiger charge is 2.42. The second-order valence-electron chi connectivity index (χ2n) is 6.09. The van der Waals surface area contributed by atoms with E-state index in [0.29, 0.717) is 18.6 Å². The van der Waals surface area contributed by atoms with Crippen molar-refractivity contribution < 1.29 is 28.5 Å². The molecule has 0 radical (unpaired) electrons. The van der Waals surface area contributed by atoms with Crippen molar-refractivity contribution in [1.29, 1.82) is 0 Å². The molecule has 24 heavy (non-hydrogen) atoms. The Morgan fingerprint density at radius 2 is 2.00 bits per heavy atom. The fourth-order valence-electron chi connectivity index (χ4n) is 3.21. The first-order valence-electron chi connectivity index (χ1n) is 8.27. The zero-order valence-electron chi connectivity index (χ0n) is 13.7. The van der Waals surface area contributed by atoms with Crippen molar-refractivity contribution in [2.24, 2.45) is 0 Å². The Morgan fingerprint density at radius 1 is 1.21 bits per heavy atom. The summed E-state index contributed by atoms with van der Waals surface area (Å²) < 4.78 is 22.1. The monoisotopic (exact) mass is 334 g/mol. The van der Waals surface area contributed by atoms with Crippen LogP contribution < -0.4 is 0 Å². The van der Waals surface area contributed by atoms with E-state index in [0.717, 1.165) is 12.8 Å². The van der Waals surface area contributed by atoms with E-state index in [4.69, 9.17) is 18.9 Å². The summed E-state index contributed by atoms with van der Waals surface area (Å²) in [6.45, 7) is 0.686. The molecule has 0 spiro atoms. The first-order chi connectivity index (χ1) is 11.7. The molecule has 6 heteroatoms. The highest BCUT2D eigenvalue weighted by molar-refractivity contribution is 5.89. The van der Waals surface area contributed by atoms with Crippen LogP contribution in [0.25, 0.3) is 0 Å². The summed E-state index contributed by atoms with van der Waals surface area (Å²) in [6, 6.07) is 8.78. The molecule has 130 valence electrons. The number of rotatable bonds is 4. The number of fused-ring (bicyclic) bond motifs is 1. The Balaban J connectivity index is 1.71. The van der Waals surface area contributed by atoms with E-state index < -0.39 is 18.2 Å². The number of ether oxygens (including phenoxy) is 4. The Hall–Kier alpha value is -1.92. The first-order valence-corrected chi connectivity index (χ1v) is 8.27. The molecule has 1 aromatic rings. The third-order valence-corrected chi connectivity index (χ3v) is 4.47. The molecule has 0 bridgehead atoms. The van der Waals surface area contributed by atoms with Gasteiger partial charge in [-0.05, 0) is 25.0 Å². The lowest BCUT2D eigenvalue weighted by Gasteiger charge is -2.42. The Bertz CT molecular complexity index is 572. The quantitative estimate of drug-likeness (QED) is 0.786. The highest BCUT2D eigenvalue weighted by Crippen LogP contribution is 2.32. The second kappa shape index (κ2) is 7.77. The first kappa shape index (κ1) is 16.9. The van der Waals surface area contributed by atoms with E-state index in [1.165, 1.54) is 7.11 Å². The molecule has 0 aliphatic carbocycles. The molecule has 2 heterocycles. The molecular formula is C18H22O6. The maximum atomic E-state index is 12.3. The van der Waals surface area contributed by atoms with Crippen LogP contribution in [0.5, 0.6) is 0 Å². The molecule has 4 atom stereocenters. The fraction of sp³-hybridized carbons (Fsp3) is 0.556. The van der Waals surface area contributed by atoms with Crippen molar-refractivity contribution in [2.45, 2.75) is 50.1 Å². The normalized spacial score (nSPS) is 29.4. The predicted octanol–water partition coefficient (Wildman–Crippen LogP) is 2.11. The molecule has 0 saturated carbocycles. The lowest BCUT2D eigenvalue weighted by molar-refractivity contribution is -0.206. The van der Waals surface area contributed by atoms with E-state index in [9.17, 15) is 9.59 Å². The third-order valence-electron chi connectivity index (χ3n) is 4.47. The van der Waals surface area contributed by atoms with Gasteiger partial charge in [-0.3, -0.25) is 4.79 Å². The van der Waals surface area contributed by atoms with Crippen LogP contribution in [0.15, 0.2) is 30.3 Å². The van der Waals surface area contributed by atoms with Gasteiger partial charge >= 0.3 is 11.9 Å². The molecule has 2 aliphatic heterocycles. The highest BCUT2D eigenvalue weighted by atomic mass is 16.6. The Morgan fingerprint density at radius 3 is 2.75 bits per heavy atom. The molecule has 0 unspecified atom stereocenters. The summed E-state index contributed by atoms with van der Waals surface area (Å²) in [5.41, 5.74) is 0.473. The molecule has 2 saturated heterocycles. The standard InChI is InChI=1S/C18H22O6/c1-21-17(19)11-16-15(10-14-13(23-16)8-5-9-22-14)24-18(20)12-6-3-2-4-7-12/h2-4,6-7,13-16H,5,8-11H2,1H3/t13-,14+,15-,16+/m1/s1. The zero-order valence-corrected chi connectivity index (χ0v) is 13.7. The van der Waals surface area contributed by atoms with Gasteiger partial charge in [-0.1, -0.05) is 18.2 Å². The summed E-state index contributed by atoms with van der Waals surface area (Å²) in [5.74, 6) is -0.802. The van der Waals surface area contributed by atoms with Crippen molar-refractivity contribution >= 4 is 11.9 Å². The molecular weight excluding hydrogens is 312 g/mol. The van der Waals surface area contributed by atoms with Crippen LogP contribution in [0.2, 0.25) is 0 Å². The maximum absolute atomic E-state index is 12.3. The Kier molecular flexibility index (Phi) is 5.48. The van der Waals surface area contributed by atoms with Gasteiger partial charge in [0.05, 0.1) is 31.3 Å². The van der Waals surface area contributed by atoms with Crippen LogP contribution in [-0.4, -0.2) is 50.1 Å². The minimum Gasteiger partial charge on any atom is -0.469 e. The van der Waals surface area contributed by atoms with Crippen LogP contribution in [-0.2, 0) is 23.7 Å². The van der Waals surface area contributed by atoms with Gasteiger partial charge in [0.1, 0.15) is 12.2 Å². The number of hydrogen-bond donors (Lipinski definition) is 0. The molecule has 1 aromatic carbocycles. The van der Waals surface area contributed by atoms with E-state index in [1.54, 1.807) is 24.3 Å². The lowest BCUT2D eigenvalue weighted by atomic mass is 9.92. The van der Waals surface area contributed by atoms with Crippen LogP contribution in [0.4, 0.5) is 0 Å². The molecule has 2 aliphatic rings. The SMILES string of the molecule is COC(=O)C[C@@H]1O[C@@H]2CCCO[C@H]2C[C@H]1OC(=O)c1ccccc1. The van der Waals surface area contributed by atoms with Gasteiger partial charge < -0.3 is 18.9 Å². The molecule has 2 fully saturated rings. The van der Waals surface area contributed by atoms with Gasteiger partial charge in [0.25, 0.3) is 0 Å². The number of carbonyl (C=O) groups is 2. The minimum absolute atomic E-state index is 0.0555. The van der Waals surface area contributed by atoms with Crippen molar-refractivity contribution in [2.75, 3.05) is 13.7 Å². The topological polar surface area (TPSA) is 71.1 Å². The maximum Gasteiger partial charge on any atom is 0.338 e. The zero-order chi connectivity index (χ0) is 16.9. The van der Waals surface area contributed by atoms with Crippen molar-refractivity contribution in [1.82, 2.24) is 0 Å². The van der Waals surface area contributed by atoms with Crippen LogP contribution >= 0.6 is 0 Å². The van der Waals surface area contributed by atoms with Gasteiger partial charge in [0.15, 0.2) is 0 Å². The lowest BCUT2D eigenvalue weighted by Crippen LogP contribution is -2.52. The van der Waals surface area contributed by atoms with Crippen molar-refractivity contribution in [3.05, 3.63) is 35.9 Å². The Labute approximate surface area is 141 Å². The molecule has 0 amide bonds. The van der Waals surface area contributed by atoms with Crippen molar-refractivity contribution in [3.63, 3.8) is 0 Å². The summed E-state index contributed by atoms with van der Waals surface area (Å²) in [4.78, 5) is 24.0.